The molecule has 0 aliphatic rings. The van der Waals surface area contributed by atoms with E-state index in [2.05, 4.69) is 17.4 Å². The van der Waals surface area contributed by atoms with Crippen LogP contribution < -0.4 is 5.32 Å². The van der Waals surface area contributed by atoms with Gasteiger partial charge in [0.2, 0.25) is 0 Å². The molecule has 5 aromatic rings. The number of carbonyl (C=O) groups excluding carboxylic acids is 2. The van der Waals surface area contributed by atoms with Gasteiger partial charge in [0.15, 0.2) is 6.61 Å². The molecular weight excluding hydrogens is 486 g/mol. The quantitative estimate of drug-likeness (QED) is 0.246. The van der Waals surface area contributed by atoms with Crippen LogP contribution in [0.5, 0.6) is 0 Å². The van der Waals surface area contributed by atoms with Crippen LogP contribution in [0.1, 0.15) is 32.6 Å². The summed E-state index contributed by atoms with van der Waals surface area (Å²) in [6.45, 7) is 7.60. The summed E-state index contributed by atoms with van der Waals surface area (Å²) in [4.78, 5) is 35.1. The van der Waals surface area contributed by atoms with E-state index in [-0.39, 0.29) is 0 Å². The summed E-state index contributed by atoms with van der Waals surface area (Å²) in [5, 5.41) is 2.79. The Morgan fingerprint density at radius 1 is 0.667 bits per heavy atom. The fourth-order valence-corrected chi connectivity index (χ4v) is 4.36. The fraction of sp³-hybridized carbons (Fsp3) is 0.152. The number of nitrogens with one attached hydrogen (secondary N) is 1. The molecule has 0 saturated heterocycles. The first kappa shape index (κ1) is 25.8. The van der Waals surface area contributed by atoms with Crippen LogP contribution in [0, 0.1) is 27.7 Å². The molecule has 1 N–H and O–H groups in total. The lowest BCUT2D eigenvalue weighted by Crippen LogP contribution is -2.21. The van der Waals surface area contributed by atoms with E-state index >= 15 is 0 Å². The molecule has 0 spiro atoms. The minimum absolute atomic E-state index is 0.300. The number of nitrogens with zero attached hydrogens (tertiary/aromatic N) is 2. The number of amides is 1. The van der Waals surface area contributed by atoms with Crippen LogP contribution in [0.3, 0.4) is 0 Å². The van der Waals surface area contributed by atoms with Crippen LogP contribution in [0.4, 0.5) is 5.69 Å². The van der Waals surface area contributed by atoms with Crippen molar-refractivity contribution in [3.05, 3.63) is 113 Å². The minimum atomic E-state index is -0.603. The highest BCUT2D eigenvalue weighted by Gasteiger charge is 2.16. The number of rotatable bonds is 6. The summed E-state index contributed by atoms with van der Waals surface area (Å²) in [7, 11) is 0. The maximum atomic E-state index is 12.8. The molecule has 0 aliphatic heterocycles. The van der Waals surface area contributed by atoms with Gasteiger partial charge < -0.3 is 10.1 Å². The van der Waals surface area contributed by atoms with Gasteiger partial charge >= 0.3 is 5.97 Å². The van der Waals surface area contributed by atoms with Crippen molar-refractivity contribution >= 4 is 28.6 Å². The Morgan fingerprint density at radius 3 is 1.82 bits per heavy atom. The van der Waals surface area contributed by atoms with Crippen LogP contribution in [0.2, 0.25) is 0 Å². The van der Waals surface area contributed by atoms with E-state index in [0.29, 0.717) is 22.3 Å². The molecule has 0 unspecified atom stereocenters. The lowest BCUT2D eigenvalue weighted by Gasteiger charge is -2.12. The van der Waals surface area contributed by atoms with E-state index in [1.807, 2.05) is 82.3 Å². The first-order valence-electron chi connectivity index (χ1n) is 12.8. The highest BCUT2D eigenvalue weighted by atomic mass is 16.5. The zero-order chi connectivity index (χ0) is 27.5. The lowest BCUT2D eigenvalue weighted by atomic mass is 10.0. The lowest BCUT2D eigenvalue weighted by molar-refractivity contribution is -0.119. The van der Waals surface area contributed by atoms with Gasteiger partial charge in [0.1, 0.15) is 0 Å². The van der Waals surface area contributed by atoms with E-state index < -0.39 is 18.5 Å². The molecule has 0 bridgehead atoms. The smallest absolute Gasteiger partial charge is 0.338 e. The summed E-state index contributed by atoms with van der Waals surface area (Å²) in [5.74, 6) is -1.01. The Balaban J connectivity index is 1.41. The van der Waals surface area contributed by atoms with Gasteiger partial charge in [-0.15, -0.1) is 0 Å². The number of anilines is 1. The van der Waals surface area contributed by atoms with Crippen molar-refractivity contribution in [2.45, 2.75) is 27.7 Å². The number of carbonyl (C=O) groups is 2. The number of aryl methyl sites for hydroxylation is 4. The molecule has 1 amide bonds. The van der Waals surface area contributed by atoms with Gasteiger partial charge in [0, 0.05) is 16.8 Å². The van der Waals surface area contributed by atoms with Crippen molar-refractivity contribution < 1.29 is 14.3 Å². The van der Waals surface area contributed by atoms with Crippen molar-refractivity contribution in [2.24, 2.45) is 0 Å². The summed E-state index contributed by atoms with van der Waals surface area (Å²) in [6, 6.07) is 27.1. The number of benzene rings is 4. The Hall–Kier alpha value is -4.84. The number of fused-ring (bicyclic) bond motifs is 1. The molecule has 4 aromatic carbocycles. The summed E-state index contributed by atoms with van der Waals surface area (Å²) < 4.78 is 5.31. The molecular formula is C33H29N3O3. The predicted octanol–water partition coefficient (Wildman–Crippen LogP) is 6.99. The predicted molar refractivity (Wildman–Crippen MR) is 155 cm³/mol. The van der Waals surface area contributed by atoms with Crippen molar-refractivity contribution in [1.82, 2.24) is 9.97 Å². The number of esters is 1. The normalized spacial score (nSPS) is 10.9. The second-order valence-corrected chi connectivity index (χ2v) is 9.80. The van der Waals surface area contributed by atoms with Crippen molar-refractivity contribution in [1.29, 1.82) is 0 Å². The molecule has 0 fully saturated rings. The number of ether oxygens (including phenoxy) is 1. The number of hydrogen-bond acceptors (Lipinski definition) is 5. The van der Waals surface area contributed by atoms with Gasteiger partial charge in [-0.05, 0) is 57.5 Å². The van der Waals surface area contributed by atoms with Crippen molar-refractivity contribution in [3.63, 3.8) is 0 Å². The molecule has 1 aromatic heterocycles. The molecule has 0 aliphatic carbocycles. The minimum Gasteiger partial charge on any atom is -0.452 e. The fourth-order valence-electron chi connectivity index (χ4n) is 4.36. The molecule has 0 saturated carbocycles. The Bertz CT molecular complexity index is 1690. The first-order chi connectivity index (χ1) is 18.8. The van der Waals surface area contributed by atoms with Gasteiger partial charge in [0.05, 0.1) is 28.0 Å². The zero-order valence-electron chi connectivity index (χ0n) is 22.4. The van der Waals surface area contributed by atoms with Gasteiger partial charge in [-0.1, -0.05) is 77.4 Å². The van der Waals surface area contributed by atoms with E-state index in [4.69, 9.17) is 14.7 Å². The topological polar surface area (TPSA) is 81.2 Å². The highest BCUT2D eigenvalue weighted by Crippen LogP contribution is 2.31. The molecule has 1 heterocycles. The maximum Gasteiger partial charge on any atom is 0.338 e. The average Bonchev–Trinajstić information content (AvgIpc) is 2.93. The van der Waals surface area contributed by atoms with Crippen LogP contribution in [-0.2, 0) is 9.53 Å². The number of aromatic nitrogens is 2. The largest absolute Gasteiger partial charge is 0.452 e. The van der Waals surface area contributed by atoms with Crippen molar-refractivity contribution in [2.75, 3.05) is 11.9 Å². The molecule has 6 heteroatoms. The van der Waals surface area contributed by atoms with Crippen LogP contribution in [0.25, 0.3) is 33.5 Å². The van der Waals surface area contributed by atoms with E-state index in [9.17, 15) is 9.59 Å². The highest BCUT2D eigenvalue weighted by molar-refractivity contribution is 5.98. The molecule has 194 valence electrons. The first-order valence-corrected chi connectivity index (χ1v) is 12.8. The summed E-state index contributed by atoms with van der Waals surface area (Å²) >= 11 is 0. The van der Waals surface area contributed by atoms with Crippen LogP contribution in [-0.4, -0.2) is 28.5 Å². The molecule has 5 rings (SSSR count). The Labute approximate surface area is 227 Å². The zero-order valence-corrected chi connectivity index (χ0v) is 22.4. The van der Waals surface area contributed by atoms with Crippen LogP contribution in [0.15, 0.2) is 84.9 Å². The summed E-state index contributed by atoms with van der Waals surface area (Å²) in [5.41, 5.74) is 9.96. The molecule has 0 radical (unpaired) electrons. The number of hydrogen-bond donors (Lipinski definition) is 1. The third kappa shape index (κ3) is 5.85. The van der Waals surface area contributed by atoms with Gasteiger partial charge in [-0.3, -0.25) is 4.79 Å². The van der Waals surface area contributed by atoms with E-state index in [1.54, 1.807) is 18.2 Å². The second-order valence-electron chi connectivity index (χ2n) is 9.80. The Kier molecular flexibility index (Phi) is 7.19. The monoisotopic (exact) mass is 515 g/mol. The molecule has 6 nitrogen and oxygen atoms in total. The second kappa shape index (κ2) is 10.9. The average molecular weight is 516 g/mol. The maximum absolute atomic E-state index is 12.8. The Morgan fingerprint density at radius 2 is 1.23 bits per heavy atom. The SMILES string of the molecule is Cc1ccc(-c2nc3ccc(C(=O)OCC(=O)Nc4ccc(C)cc4C)cc3nc2-c2ccc(C)cc2)cc1. The van der Waals surface area contributed by atoms with Crippen molar-refractivity contribution in [3.8, 4) is 22.5 Å². The molecule has 0 atom stereocenters. The summed E-state index contributed by atoms with van der Waals surface area (Å²) in [6.07, 6.45) is 0. The van der Waals surface area contributed by atoms with Gasteiger partial charge in [0.25, 0.3) is 5.91 Å². The van der Waals surface area contributed by atoms with E-state index in [1.165, 1.54) is 0 Å². The third-order valence-corrected chi connectivity index (χ3v) is 6.54. The van der Waals surface area contributed by atoms with Crippen LogP contribution >= 0.6 is 0 Å². The molecule has 39 heavy (non-hydrogen) atoms. The third-order valence-electron chi connectivity index (χ3n) is 6.54. The van der Waals surface area contributed by atoms with Gasteiger partial charge in [-0.25, -0.2) is 14.8 Å². The standard InChI is InChI=1S/C33H29N3O3/c1-20-5-10-24(11-6-20)31-32(25-12-7-21(2)8-13-25)36-29-18-26(14-16-28(29)35-31)33(38)39-19-30(37)34-27-15-9-22(3)17-23(27)4/h5-18H,19H2,1-4H3,(H,34,37). The van der Waals surface area contributed by atoms with E-state index in [0.717, 1.165) is 44.8 Å². The van der Waals surface area contributed by atoms with Gasteiger partial charge in [-0.2, -0.15) is 0 Å².